The molecule has 2 N–H and O–H groups in total. The number of nitrogens with two attached hydrogens (primary N) is 1. The lowest BCUT2D eigenvalue weighted by atomic mass is 10.1. The standard InChI is InChI=1S/C15H20N2O3/c1-10-2-4-12-14(8-10)19-7-6-17(12)15(18)13-5-3-11(9-16)20-13/h2,4,8,11,13H,3,5-7,9,16H2,1H3/t11-,13+/m1/s1. The van der Waals surface area contributed by atoms with Gasteiger partial charge in [-0.2, -0.15) is 0 Å². The van der Waals surface area contributed by atoms with E-state index in [-0.39, 0.29) is 18.1 Å². The molecule has 2 heterocycles. The van der Waals surface area contributed by atoms with Crippen molar-refractivity contribution in [2.45, 2.75) is 32.0 Å². The highest BCUT2D eigenvalue weighted by Gasteiger charge is 2.35. The van der Waals surface area contributed by atoms with Crippen molar-refractivity contribution in [3.8, 4) is 5.75 Å². The van der Waals surface area contributed by atoms with Crippen LogP contribution in [-0.2, 0) is 9.53 Å². The number of carbonyl (C=O) groups is 1. The third-order valence-electron chi connectivity index (χ3n) is 3.89. The fraction of sp³-hybridized carbons (Fsp3) is 0.533. The molecule has 1 fully saturated rings. The average molecular weight is 276 g/mol. The molecule has 20 heavy (non-hydrogen) atoms. The molecule has 0 saturated carbocycles. The minimum atomic E-state index is -0.365. The number of ether oxygens (including phenoxy) is 2. The average Bonchev–Trinajstić information content (AvgIpc) is 2.94. The van der Waals surface area contributed by atoms with Crippen LogP contribution >= 0.6 is 0 Å². The van der Waals surface area contributed by atoms with Gasteiger partial charge in [-0.25, -0.2) is 0 Å². The van der Waals surface area contributed by atoms with Crippen molar-refractivity contribution in [2.75, 3.05) is 24.6 Å². The largest absolute Gasteiger partial charge is 0.490 e. The van der Waals surface area contributed by atoms with Crippen molar-refractivity contribution < 1.29 is 14.3 Å². The summed E-state index contributed by atoms with van der Waals surface area (Å²) >= 11 is 0. The summed E-state index contributed by atoms with van der Waals surface area (Å²) in [5, 5.41) is 0. The Labute approximate surface area is 118 Å². The molecule has 0 unspecified atom stereocenters. The number of hydrogen-bond acceptors (Lipinski definition) is 4. The zero-order valence-electron chi connectivity index (χ0n) is 11.7. The molecule has 5 heteroatoms. The van der Waals surface area contributed by atoms with Crippen molar-refractivity contribution in [2.24, 2.45) is 5.73 Å². The molecule has 0 aliphatic carbocycles. The van der Waals surface area contributed by atoms with Crippen LogP contribution in [0, 0.1) is 6.92 Å². The third kappa shape index (κ3) is 2.39. The molecule has 1 aromatic carbocycles. The quantitative estimate of drug-likeness (QED) is 0.882. The van der Waals surface area contributed by atoms with Gasteiger partial charge in [-0.1, -0.05) is 6.07 Å². The number of rotatable bonds is 2. The topological polar surface area (TPSA) is 64.8 Å². The lowest BCUT2D eigenvalue weighted by molar-refractivity contribution is -0.129. The first-order valence-electron chi connectivity index (χ1n) is 7.09. The molecule has 0 bridgehead atoms. The molecule has 108 valence electrons. The minimum Gasteiger partial charge on any atom is -0.490 e. The van der Waals surface area contributed by atoms with Gasteiger partial charge >= 0.3 is 0 Å². The fourth-order valence-corrected chi connectivity index (χ4v) is 2.79. The number of aryl methyl sites for hydroxylation is 1. The summed E-state index contributed by atoms with van der Waals surface area (Å²) in [5.41, 5.74) is 7.56. The molecule has 1 amide bonds. The lowest BCUT2D eigenvalue weighted by Gasteiger charge is -2.31. The van der Waals surface area contributed by atoms with Crippen molar-refractivity contribution >= 4 is 11.6 Å². The summed E-state index contributed by atoms with van der Waals surface area (Å²) in [7, 11) is 0. The van der Waals surface area contributed by atoms with Gasteiger partial charge in [0, 0.05) is 6.54 Å². The predicted molar refractivity (Wildman–Crippen MR) is 76.0 cm³/mol. The van der Waals surface area contributed by atoms with Crippen LogP contribution < -0.4 is 15.4 Å². The van der Waals surface area contributed by atoms with Gasteiger partial charge in [0.25, 0.3) is 5.91 Å². The smallest absolute Gasteiger partial charge is 0.256 e. The van der Waals surface area contributed by atoms with Gasteiger partial charge in [0.05, 0.1) is 18.3 Å². The molecular weight excluding hydrogens is 256 g/mol. The molecule has 1 saturated heterocycles. The lowest BCUT2D eigenvalue weighted by Crippen LogP contribution is -2.44. The van der Waals surface area contributed by atoms with Gasteiger partial charge in [0.15, 0.2) is 0 Å². The number of fused-ring (bicyclic) bond motifs is 1. The summed E-state index contributed by atoms with van der Waals surface area (Å²) in [4.78, 5) is 14.4. The number of carbonyl (C=O) groups excluding carboxylic acids is 1. The maximum absolute atomic E-state index is 12.6. The molecule has 0 aromatic heterocycles. The van der Waals surface area contributed by atoms with Crippen molar-refractivity contribution in [3.63, 3.8) is 0 Å². The monoisotopic (exact) mass is 276 g/mol. The molecule has 0 spiro atoms. The Hall–Kier alpha value is -1.59. The molecular formula is C15H20N2O3. The van der Waals surface area contributed by atoms with Crippen LogP contribution in [0.1, 0.15) is 18.4 Å². The van der Waals surface area contributed by atoms with E-state index in [1.807, 2.05) is 25.1 Å². The summed E-state index contributed by atoms with van der Waals surface area (Å²) in [6.07, 6.45) is 1.26. The fourth-order valence-electron chi connectivity index (χ4n) is 2.79. The van der Waals surface area contributed by atoms with Gasteiger partial charge < -0.3 is 20.1 Å². The second-order valence-corrected chi connectivity index (χ2v) is 5.37. The summed E-state index contributed by atoms with van der Waals surface area (Å²) < 4.78 is 11.3. The normalized spacial score (nSPS) is 25.2. The van der Waals surface area contributed by atoms with Gasteiger partial charge in [-0.15, -0.1) is 0 Å². The Balaban J connectivity index is 1.80. The first-order valence-corrected chi connectivity index (χ1v) is 7.09. The van der Waals surface area contributed by atoms with Gasteiger partial charge in [-0.05, 0) is 37.5 Å². The Morgan fingerprint density at radius 2 is 2.30 bits per heavy atom. The Morgan fingerprint density at radius 3 is 3.05 bits per heavy atom. The van der Waals surface area contributed by atoms with Crippen LogP contribution in [0.15, 0.2) is 18.2 Å². The van der Waals surface area contributed by atoms with Crippen LogP contribution in [0.3, 0.4) is 0 Å². The van der Waals surface area contributed by atoms with E-state index >= 15 is 0 Å². The highest BCUT2D eigenvalue weighted by atomic mass is 16.5. The zero-order valence-corrected chi connectivity index (χ0v) is 11.7. The highest BCUT2D eigenvalue weighted by molar-refractivity contribution is 5.98. The number of benzene rings is 1. The Morgan fingerprint density at radius 1 is 1.45 bits per heavy atom. The molecule has 2 aliphatic heterocycles. The van der Waals surface area contributed by atoms with Crippen molar-refractivity contribution in [1.29, 1.82) is 0 Å². The van der Waals surface area contributed by atoms with Crippen LogP contribution in [0.25, 0.3) is 0 Å². The molecule has 0 radical (unpaired) electrons. The second-order valence-electron chi connectivity index (χ2n) is 5.37. The van der Waals surface area contributed by atoms with Gasteiger partial charge in [-0.3, -0.25) is 4.79 Å². The van der Waals surface area contributed by atoms with E-state index in [0.717, 1.165) is 29.8 Å². The molecule has 5 nitrogen and oxygen atoms in total. The van der Waals surface area contributed by atoms with E-state index in [4.69, 9.17) is 15.2 Å². The molecule has 2 atom stereocenters. The van der Waals surface area contributed by atoms with E-state index in [2.05, 4.69) is 0 Å². The maximum atomic E-state index is 12.6. The first-order chi connectivity index (χ1) is 9.69. The number of hydrogen-bond donors (Lipinski definition) is 1. The van der Waals surface area contributed by atoms with Crippen LogP contribution in [-0.4, -0.2) is 37.8 Å². The van der Waals surface area contributed by atoms with E-state index in [0.29, 0.717) is 19.7 Å². The third-order valence-corrected chi connectivity index (χ3v) is 3.89. The Bertz CT molecular complexity index is 518. The highest BCUT2D eigenvalue weighted by Crippen LogP contribution is 2.34. The molecule has 1 aromatic rings. The van der Waals surface area contributed by atoms with Gasteiger partial charge in [0.1, 0.15) is 18.5 Å². The predicted octanol–water partition coefficient (Wildman–Crippen LogP) is 1.23. The maximum Gasteiger partial charge on any atom is 0.256 e. The minimum absolute atomic E-state index is 0.0162. The van der Waals surface area contributed by atoms with E-state index in [9.17, 15) is 4.79 Å². The van der Waals surface area contributed by atoms with Crippen LogP contribution in [0.4, 0.5) is 5.69 Å². The summed E-state index contributed by atoms with van der Waals surface area (Å²) in [6.45, 7) is 3.58. The first kappa shape index (κ1) is 13.4. The van der Waals surface area contributed by atoms with Crippen LogP contribution in [0.5, 0.6) is 5.75 Å². The molecule has 3 rings (SSSR count). The van der Waals surface area contributed by atoms with Crippen LogP contribution in [0.2, 0.25) is 0 Å². The molecule has 2 aliphatic rings. The van der Waals surface area contributed by atoms with Gasteiger partial charge in [0.2, 0.25) is 0 Å². The SMILES string of the molecule is Cc1ccc2c(c1)OCCN2C(=O)[C@@H]1CC[C@H](CN)O1. The summed E-state index contributed by atoms with van der Waals surface area (Å²) in [5.74, 6) is 0.798. The zero-order chi connectivity index (χ0) is 14.1. The second kappa shape index (κ2) is 5.42. The Kier molecular flexibility index (Phi) is 3.63. The summed E-state index contributed by atoms with van der Waals surface area (Å²) in [6, 6.07) is 5.90. The number of anilines is 1. The number of nitrogens with zero attached hydrogens (tertiary/aromatic N) is 1. The van der Waals surface area contributed by atoms with Crippen molar-refractivity contribution in [3.05, 3.63) is 23.8 Å². The van der Waals surface area contributed by atoms with E-state index in [1.54, 1.807) is 4.90 Å². The number of amides is 1. The van der Waals surface area contributed by atoms with Crippen molar-refractivity contribution in [1.82, 2.24) is 0 Å². The van der Waals surface area contributed by atoms with E-state index in [1.165, 1.54) is 0 Å². The van der Waals surface area contributed by atoms with E-state index < -0.39 is 0 Å².